The first kappa shape index (κ1) is 11.5. The van der Waals surface area contributed by atoms with Crippen molar-refractivity contribution in [1.82, 2.24) is 0 Å². The lowest BCUT2D eigenvalue weighted by Gasteiger charge is -2.23. The maximum Gasteiger partial charge on any atom is 0.126 e. The third-order valence-electron chi connectivity index (χ3n) is 3.11. The predicted molar refractivity (Wildman–Crippen MR) is 67.1 cm³/mol. The number of aryl methyl sites for hydroxylation is 1. The van der Waals surface area contributed by atoms with Crippen molar-refractivity contribution in [3.63, 3.8) is 0 Å². The van der Waals surface area contributed by atoms with Crippen LogP contribution in [-0.4, -0.2) is 12.6 Å². The lowest BCUT2D eigenvalue weighted by atomic mass is 9.84. The largest absolute Gasteiger partial charge is 0.488 e. The first-order valence-electron chi connectivity index (χ1n) is 5.92. The van der Waals surface area contributed by atoms with E-state index in [1.807, 2.05) is 0 Å². The molecule has 0 radical (unpaired) electrons. The van der Waals surface area contributed by atoms with E-state index in [1.54, 1.807) is 0 Å². The highest BCUT2D eigenvalue weighted by molar-refractivity contribution is 5.50. The van der Waals surface area contributed by atoms with Crippen LogP contribution in [0.15, 0.2) is 12.1 Å². The van der Waals surface area contributed by atoms with Gasteiger partial charge in [-0.05, 0) is 17.9 Å². The van der Waals surface area contributed by atoms with Gasteiger partial charge in [-0.25, -0.2) is 0 Å². The van der Waals surface area contributed by atoms with Crippen molar-refractivity contribution in [1.29, 1.82) is 0 Å². The Morgan fingerprint density at radius 1 is 1.38 bits per heavy atom. The summed E-state index contributed by atoms with van der Waals surface area (Å²) < 4.78 is 5.94. The van der Waals surface area contributed by atoms with E-state index < -0.39 is 0 Å². The SMILES string of the molecule is Cc1cc2c(c(C(C)(C)C)c1)O[C@H](CN)C2. The fraction of sp³-hybridized carbons (Fsp3) is 0.571. The highest BCUT2D eigenvalue weighted by Crippen LogP contribution is 2.39. The van der Waals surface area contributed by atoms with Crippen molar-refractivity contribution >= 4 is 0 Å². The second-order valence-electron chi connectivity index (χ2n) is 5.73. The fourth-order valence-corrected chi connectivity index (χ4v) is 2.28. The van der Waals surface area contributed by atoms with E-state index in [9.17, 15) is 0 Å². The molecule has 2 heteroatoms. The van der Waals surface area contributed by atoms with Gasteiger partial charge in [0.1, 0.15) is 11.9 Å². The van der Waals surface area contributed by atoms with Gasteiger partial charge < -0.3 is 10.5 Å². The molecule has 1 heterocycles. The minimum atomic E-state index is 0.125. The highest BCUT2D eigenvalue weighted by atomic mass is 16.5. The Hall–Kier alpha value is -1.02. The minimum absolute atomic E-state index is 0.125. The summed E-state index contributed by atoms with van der Waals surface area (Å²) >= 11 is 0. The fourth-order valence-electron chi connectivity index (χ4n) is 2.28. The van der Waals surface area contributed by atoms with Crippen LogP contribution in [0.3, 0.4) is 0 Å². The Bertz CT molecular complexity index is 404. The predicted octanol–water partition coefficient (Wildman–Crippen LogP) is 2.55. The molecule has 1 aromatic carbocycles. The van der Waals surface area contributed by atoms with Crippen LogP contribution < -0.4 is 10.5 Å². The van der Waals surface area contributed by atoms with Crippen LogP contribution in [0.1, 0.15) is 37.5 Å². The maximum atomic E-state index is 5.94. The molecule has 0 fully saturated rings. The van der Waals surface area contributed by atoms with Gasteiger partial charge in [-0.3, -0.25) is 0 Å². The zero-order chi connectivity index (χ0) is 11.9. The average Bonchev–Trinajstić information content (AvgIpc) is 2.57. The van der Waals surface area contributed by atoms with Gasteiger partial charge in [0.2, 0.25) is 0 Å². The topological polar surface area (TPSA) is 35.2 Å². The standard InChI is InChI=1S/C14H21NO/c1-9-5-10-7-11(8-15)16-13(10)12(6-9)14(2,3)4/h5-6,11H,7-8,15H2,1-4H3/t11-/m0/s1. The van der Waals surface area contributed by atoms with Gasteiger partial charge in [-0.2, -0.15) is 0 Å². The maximum absolute atomic E-state index is 5.94. The molecule has 1 atom stereocenters. The van der Waals surface area contributed by atoms with Crippen LogP contribution in [0.4, 0.5) is 0 Å². The summed E-state index contributed by atoms with van der Waals surface area (Å²) in [7, 11) is 0. The van der Waals surface area contributed by atoms with Crippen LogP contribution in [0.5, 0.6) is 5.75 Å². The Morgan fingerprint density at radius 2 is 2.06 bits per heavy atom. The number of fused-ring (bicyclic) bond motifs is 1. The molecule has 2 nitrogen and oxygen atoms in total. The van der Waals surface area contributed by atoms with Gasteiger partial charge in [-0.15, -0.1) is 0 Å². The van der Waals surface area contributed by atoms with Gasteiger partial charge in [0.25, 0.3) is 0 Å². The molecule has 0 saturated heterocycles. The molecule has 1 aliphatic rings. The summed E-state index contributed by atoms with van der Waals surface area (Å²) in [5, 5.41) is 0. The van der Waals surface area contributed by atoms with Crippen molar-refractivity contribution in [2.45, 2.75) is 45.6 Å². The van der Waals surface area contributed by atoms with Gasteiger partial charge in [0.05, 0.1) is 0 Å². The summed E-state index contributed by atoms with van der Waals surface area (Å²) in [4.78, 5) is 0. The van der Waals surface area contributed by atoms with E-state index >= 15 is 0 Å². The van der Waals surface area contributed by atoms with Crippen LogP contribution in [0.2, 0.25) is 0 Å². The van der Waals surface area contributed by atoms with E-state index in [2.05, 4.69) is 39.8 Å². The van der Waals surface area contributed by atoms with Crippen molar-refractivity contribution in [2.24, 2.45) is 5.73 Å². The quantitative estimate of drug-likeness (QED) is 0.788. The molecule has 2 N–H and O–H groups in total. The van der Waals surface area contributed by atoms with Crippen LogP contribution in [0, 0.1) is 6.92 Å². The lowest BCUT2D eigenvalue weighted by molar-refractivity contribution is 0.237. The number of benzene rings is 1. The number of nitrogens with two attached hydrogens (primary N) is 1. The van der Waals surface area contributed by atoms with E-state index in [4.69, 9.17) is 10.5 Å². The first-order chi connectivity index (χ1) is 7.41. The van der Waals surface area contributed by atoms with Crippen LogP contribution in [0.25, 0.3) is 0 Å². The normalized spacial score (nSPS) is 19.4. The highest BCUT2D eigenvalue weighted by Gasteiger charge is 2.29. The monoisotopic (exact) mass is 219 g/mol. The zero-order valence-electron chi connectivity index (χ0n) is 10.6. The van der Waals surface area contributed by atoms with Crippen molar-refractivity contribution < 1.29 is 4.74 Å². The number of hydrogen-bond donors (Lipinski definition) is 1. The summed E-state index contributed by atoms with van der Waals surface area (Å²) in [5.41, 5.74) is 9.74. The van der Waals surface area contributed by atoms with Crippen molar-refractivity contribution in [2.75, 3.05) is 6.54 Å². The molecule has 16 heavy (non-hydrogen) atoms. The molecule has 2 rings (SSSR count). The zero-order valence-corrected chi connectivity index (χ0v) is 10.6. The van der Waals surface area contributed by atoms with Gasteiger partial charge in [0, 0.05) is 18.5 Å². The first-order valence-corrected chi connectivity index (χ1v) is 5.92. The van der Waals surface area contributed by atoms with Gasteiger partial charge >= 0.3 is 0 Å². The third kappa shape index (κ3) is 1.94. The van der Waals surface area contributed by atoms with Crippen LogP contribution in [-0.2, 0) is 11.8 Å². The molecule has 0 saturated carbocycles. The molecule has 1 aliphatic heterocycles. The van der Waals surface area contributed by atoms with Crippen LogP contribution >= 0.6 is 0 Å². The van der Waals surface area contributed by atoms with E-state index in [0.717, 1.165) is 12.2 Å². The Morgan fingerprint density at radius 3 is 2.62 bits per heavy atom. The molecule has 0 aliphatic carbocycles. The second kappa shape index (κ2) is 3.77. The van der Waals surface area contributed by atoms with E-state index in [0.29, 0.717) is 6.54 Å². The van der Waals surface area contributed by atoms with Gasteiger partial charge in [0.15, 0.2) is 0 Å². The minimum Gasteiger partial charge on any atom is -0.488 e. The van der Waals surface area contributed by atoms with Crippen molar-refractivity contribution in [3.8, 4) is 5.75 Å². The summed E-state index contributed by atoms with van der Waals surface area (Å²) in [6.07, 6.45) is 1.12. The number of ether oxygens (including phenoxy) is 1. The van der Waals surface area contributed by atoms with E-state index in [-0.39, 0.29) is 11.5 Å². The molecule has 88 valence electrons. The molecule has 0 spiro atoms. The molecular formula is C14H21NO. The molecule has 1 aromatic rings. The second-order valence-corrected chi connectivity index (χ2v) is 5.73. The molecule has 0 amide bonds. The van der Waals surface area contributed by atoms with Gasteiger partial charge in [-0.1, -0.05) is 38.5 Å². The Labute approximate surface area is 97.8 Å². The Kier molecular flexibility index (Phi) is 2.70. The van der Waals surface area contributed by atoms with E-state index in [1.165, 1.54) is 16.7 Å². The third-order valence-corrected chi connectivity index (χ3v) is 3.11. The smallest absolute Gasteiger partial charge is 0.126 e. The molecule has 0 bridgehead atoms. The average molecular weight is 219 g/mol. The lowest BCUT2D eigenvalue weighted by Crippen LogP contribution is -2.24. The number of rotatable bonds is 1. The summed E-state index contributed by atoms with van der Waals surface area (Å²) in [5.74, 6) is 1.08. The molecule has 0 unspecified atom stereocenters. The molecular weight excluding hydrogens is 198 g/mol. The summed E-state index contributed by atoms with van der Waals surface area (Å²) in [6, 6.07) is 4.46. The molecule has 0 aromatic heterocycles. The van der Waals surface area contributed by atoms with Crippen molar-refractivity contribution in [3.05, 3.63) is 28.8 Å². The Balaban J connectivity index is 2.49. The number of hydrogen-bond acceptors (Lipinski definition) is 2. The summed E-state index contributed by atoms with van der Waals surface area (Å²) in [6.45, 7) is 9.41.